The van der Waals surface area contributed by atoms with Gasteiger partial charge >= 0.3 is 0 Å². The Morgan fingerprint density at radius 3 is 1.75 bits per heavy atom. The summed E-state index contributed by atoms with van der Waals surface area (Å²) < 4.78 is 27.9. The predicted octanol–water partition coefficient (Wildman–Crippen LogP) is 3.34. The quantitative estimate of drug-likeness (QED) is 0.746. The zero-order valence-corrected chi connectivity index (χ0v) is 17.4. The van der Waals surface area contributed by atoms with Crippen molar-refractivity contribution in [2.75, 3.05) is 35.5 Å². The Morgan fingerprint density at radius 1 is 0.786 bits per heavy atom. The molecule has 0 saturated heterocycles. The van der Waals surface area contributed by atoms with Crippen molar-refractivity contribution in [3.05, 3.63) is 29.3 Å². The lowest BCUT2D eigenvalue weighted by atomic mass is 9.95. The third-order valence-corrected chi connectivity index (χ3v) is 4.38. The summed E-state index contributed by atoms with van der Waals surface area (Å²) in [5, 5.41) is 2.78. The van der Waals surface area contributed by atoms with Crippen molar-refractivity contribution in [1.82, 2.24) is 5.32 Å². The van der Waals surface area contributed by atoms with Gasteiger partial charge in [0.1, 0.15) is 11.5 Å². The molecule has 1 amide bonds. The van der Waals surface area contributed by atoms with E-state index in [2.05, 4.69) is 5.32 Å². The van der Waals surface area contributed by atoms with Crippen molar-refractivity contribution < 1.29 is 28.5 Å². The minimum Gasteiger partial charge on any atom is -0.496 e. The number of hydrogen-bond donors (Lipinski definition) is 1. The molecule has 7 heteroatoms. The Labute approximate surface area is 165 Å². The summed E-state index contributed by atoms with van der Waals surface area (Å²) in [5.74, 6) is 2.64. The van der Waals surface area contributed by atoms with Gasteiger partial charge < -0.3 is 29.0 Å². The van der Waals surface area contributed by atoms with Crippen LogP contribution in [0.5, 0.6) is 28.7 Å². The van der Waals surface area contributed by atoms with E-state index in [0.717, 1.165) is 22.3 Å². The molecule has 0 unspecified atom stereocenters. The standard InChI is InChI=1S/C21H27NO6/c1-12-8-17(26-5)20(27-6)21(28-7)18(12)19-15(24-3)9-14(10-16(19)25-4)11-22-13(2)23/h8-10H,11H2,1-7H3,(H,22,23). The van der Waals surface area contributed by atoms with Crippen LogP contribution in [0.25, 0.3) is 11.1 Å². The molecule has 0 fully saturated rings. The third-order valence-electron chi connectivity index (χ3n) is 4.38. The van der Waals surface area contributed by atoms with Crippen LogP contribution in [-0.2, 0) is 11.3 Å². The van der Waals surface area contributed by atoms with E-state index in [1.807, 2.05) is 25.1 Å². The van der Waals surface area contributed by atoms with Crippen LogP contribution in [0.2, 0.25) is 0 Å². The Hall–Kier alpha value is -3.09. The van der Waals surface area contributed by atoms with Crippen molar-refractivity contribution in [3.63, 3.8) is 0 Å². The van der Waals surface area contributed by atoms with Crippen molar-refractivity contribution in [1.29, 1.82) is 0 Å². The lowest BCUT2D eigenvalue weighted by molar-refractivity contribution is -0.119. The number of carbonyl (C=O) groups excluding carboxylic acids is 1. The van der Waals surface area contributed by atoms with Gasteiger partial charge in [-0.3, -0.25) is 4.79 Å². The fourth-order valence-electron chi connectivity index (χ4n) is 3.13. The van der Waals surface area contributed by atoms with Gasteiger partial charge in [0.05, 0.1) is 41.1 Å². The van der Waals surface area contributed by atoms with Crippen molar-refractivity contribution in [2.45, 2.75) is 20.4 Å². The summed E-state index contributed by atoms with van der Waals surface area (Å²) in [6, 6.07) is 5.60. The SMILES string of the molecule is COc1cc(C)c(-c2c(OC)cc(CNC(C)=O)cc2OC)c(OC)c1OC. The molecule has 0 spiro atoms. The first-order valence-electron chi connectivity index (χ1n) is 8.71. The third kappa shape index (κ3) is 4.08. The van der Waals surface area contributed by atoms with E-state index in [0.29, 0.717) is 35.3 Å². The van der Waals surface area contributed by atoms with E-state index >= 15 is 0 Å². The van der Waals surface area contributed by atoms with Gasteiger partial charge in [0.15, 0.2) is 11.5 Å². The highest BCUT2D eigenvalue weighted by Crippen LogP contribution is 2.51. The van der Waals surface area contributed by atoms with Gasteiger partial charge in [-0.1, -0.05) is 0 Å². The highest BCUT2D eigenvalue weighted by atomic mass is 16.5. The maximum Gasteiger partial charge on any atom is 0.217 e. The minimum atomic E-state index is -0.112. The number of aryl methyl sites for hydroxylation is 1. The summed E-state index contributed by atoms with van der Waals surface area (Å²) in [5.41, 5.74) is 3.26. The van der Waals surface area contributed by atoms with Crippen molar-refractivity contribution in [2.24, 2.45) is 0 Å². The lowest BCUT2D eigenvalue weighted by Gasteiger charge is -2.22. The molecule has 2 aromatic rings. The first-order valence-corrected chi connectivity index (χ1v) is 8.71. The number of benzene rings is 2. The molecular formula is C21H27NO6. The summed E-state index contributed by atoms with van der Waals surface area (Å²) in [6.45, 7) is 3.79. The van der Waals surface area contributed by atoms with Crippen LogP contribution in [0.3, 0.4) is 0 Å². The smallest absolute Gasteiger partial charge is 0.217 e. The van der Waals surface area contributed by atoms with Gasteiger partial charge in [0, 0.05) is 19.0 Å². The minimum absolute atomic E-state index is 0.112. The molecule has 2 aromatic carbocycles. The van der Waals surface area contributed by atoms with E-state index in [1.165, 1.54) is 6.92 Å². The van der Waals surface area contributed by atoms with Gasteiger partial charge in [-0.2, -0.15) is 0 Å². The highest BCUT2D eigenvalue weighted by Gasteiger charge is 2.25. The molecule has 0 aliphatic heterocycles. The average molecular weight is 389 g/mol. The fourth-order valence-corrected chi connectivity index (χ4v) is 3.13. The van der Waals surface area contributed by atoms with Gasteiger partial charge in [0.2, 0.25) is 11.7 Å². The molecular weight excluding hydrogens is 362 g/mol. The maximum absolute atomic E-state index is 11.3. The molecule has 0 radical (unpaired) electrons. The van der Waals surface area contributed by atoms with Gasteiger partial charge in [0.25, 0.3) is 0 Å². The van der Waals surface area contributed by atoms with Crippen LogP contribution in [0.1, 0.15) is 18.1 Å². The monoisotopic (exact) mass is 389 g/mol. The molecule has 1 N–H and O–H groups in total. The second kappa shape index (κ2) is 9.21. The molecule has 152 valence electrons. The molecule has 0 aliphatic carbocycles. The van der Waals surface area contributed by atoms with Gasteiger partial charge in [-0.15, -0.1) is 0 Å². The summed E-state index contributed by atoms with van der Waals surface area (Å²) >= 11 is 0. The van der Waals surface area contributed by atoms with Crippen LogP contribution in [0.15, 0.2) is 18.2 Å². The Balaban J connectivity index is 2.78. The van der Waals surface area contributed by atoms with Crippen LogP contribution < -0.4 is 29.0 Å². The molecule has 0 aromatic heterocycles. The molecule has 7 nitrogen and oxygen atoms in total. The first kappa shape index (κ1) is 21.2. The zero-order valence-electron chi connectivity index (χ0n) is 17.4. The first-order chi connectivity index (χ1) is 13.4. The number of methoxy groups -OCH3 is 5. The molecule has 0 bridgehead atoms. The van der Waals surface area contributed by atoms with Crippen molar-refractivity contribution >= 4 is 5.91 Å². The van der Waals surface area contributed by atoms with Crippen LogP contribution in [-0.4, -0.2) is 41.5 Å². The van der Waals surface area contributed by atoms with Gasteiger partial charge in [-0.25, -0.2) is 0 Å². The van der Waals surface area contributed by atoms with Gasteiger partial charge in [-0.05, 0) is 36.2 Å². The Bertz CT molecular complexity index is 837. The molecule has 2 rings (SSSR count). The number of rotatable bonds is 8. The van der Waals surface area contributed by atoms with Crippen LogP contribution in [0.4, 0.5) is 0 Å². The van der Waals surface area contributed by atoms with Crippen LogP contribution >= 0.6 is 0 Å². The molecule has 0 aliphatic rings. The van der Waals surface area contributed by atoms with E-state index in [-0.39, 0.29) is 5.91 Å². The lowest BCUT2D eigenvalue weighted by Crippen LogP contribution is -2.19. The van der Waals surface area contributed by atoms with E-state index < -0.39 is 0 Å². The topological polar surface area (TPSA) is 75.3 Å². The van der Waals surface area contributed by atoms with Crippen molar-refractivity contribution in [3.8, 4) is 39.9 Å². The summed E-state index contributed by atoms with van der Waals surface area (Å²) in [6.07, 6.45) is 0. The number of hydrogen-bond acceptors (Lipinski definition) is 6. The largest absolute Gasteiger partial charge is 0.496 e. The van der Waals surface area contributed by atoms with E-state index in [9.17, 15) is 4.79 Å². The second-order valence-corrected chi connectivity index (χ2v) is 6.12. The normalized spacial score (nSPS) is 10.2. The number of ether oxygens (including phenoxy) is 5. The molecule has 0 saturated carbocycles. The number of amides is 1. The van der Waals surface area contributed by atoms with E-state index in [1.54, 1.807) is 35.5 Å². The second-order valence-electron chi connectivity index (χ2n) is 6.12. The highest BCUT2D eigenvalue weighted by molar-refractivity contribution is 5.87. The Morgan fingerprint density at radius 2 is 1.32 bits per heavy atom. The summed E-state index contributed by atoms with van der Waals surface area (Å²) in [4.78, 5) is 11.3. The number of nitrogens with one attached hydrogen (secondary N) is 1. The molecule has 28 heavy (non-hydrogen) atoms. The maximum atomic E-state index is 11.3. The predicted molar refractivity (Wildman–Crippen MR) is 107 cm³/mol. The molecule has 0 atom stereocenters. The van der Waals surface area contributed by atoms with Crippen LogP contribution in [0, 0.1) is 6.92 Å². The zero-order chi connectivity index (χ0) is 20.8. The molecule has 0 heterocycles. The average Bonchev–Trinajstić information content (AvgIpc) is 2.70. The summed E-state index contributed by atoms with van der Waals surface area (Å²) in [7, 11) is 7.88. The van der Waals surface area contributed by atoms with E-state index in [4.69, 9.17) is 23.7 Å². The number of carbonyl (C=O) groups is 1. The Kier molecular flexibility index (Phi) is 6.98. The fraction of sp³-hybridized carbons (Fsp3) is 0.381.